The van der Waals surface area contributed by atoms with Gasteiger partial charge in [-0.3, -0.25) is 4.98 Å². The maximum Gasteiger partial charge on any atom is 0.261 e. The molecule has 0 unspecified atom stereocenters. The molecule has 0 N–H and O–H groups in total. The van der Waals surface area contributed by atoms with E-state index in [1.165, 1.54) is 7.11 Å². The summed E-state index contributed by atoms with van der Waals surface area (Å²) in [5.41, 5.74) is 2.13. The van der Waals surface area contributed by atoms with Crippen molar-refractivity contribution in [3.63, 3.8) is 0 Å². The summed E-state index contributed by atoms with van der Waals surface area (Å²) in [7, 11) is 1.54. The molecule has 0 bridgehead atoms. The molecule has 0 radical (unpaired) electrons. The third-order valence-electron chi connectivity index (χ3n) is 1.73. The maximum absolute atomic E-state index is 5.01. The van der Waals surface area contributed by atoms with Gasteiger partial charge in [-0.1, -0.05) is 0 Å². The summed E-state index contributed by atoms with van der Waals surface area (Å²) in [6, 6.07) is 0. The Bertz CT molecular complexity index is 443. The van der Waals surface area contributed by atoms with Crippen molar-refractivity contribution in [1.82, 2.24) is 20.2 Å². The number of hydrogen-bond acceptors (Lipinski definition) is 5. The van der Waals surface area contributed by atoms with E-state index in [-0.39, 0.29) is 0 Å². The lowest BCUT2D eigenvalue weighted by molar-refractivity contribution is 0.396. The zero-order chi connectivity index (χ0) is 9.26. The first-order valence-electron chi connectivity index (χ1n) is 3.81. The lowest BCUT2D eigenvalue weighted by atomic mass is 10.3. The molecule has 2 aromatic heterocycles. The van der Waals surface area contributed by atoms with Crippen LogP contribution >= 0.6 is 0 Å². The van der Waals surface area contributed by atoms with E-state index < -0.39 is 0 Å². The topological polar surface area (TPSA) is 60.8 Å². The zero-order valence-corrected chi connectivity index (χ0v) is 7.35. The van der Waals surface area contributed by atoms with Crippen molar-refractivity contribution in [2.24, 2.45) is 0 Å². The minimum atomic E-state index is 0.411. The van der Waals surface area contributed by atoms with Crippen LogP contribution in [0.25, 0.3) is 11.0 Å². The van der Waals surface area contributed by atoms with Crippen molar-refractivity contribution in [1.29, 1.82) is 0 Å². The molecule has 2 rings (SSSR count). The Labute approximate surface area is 74.8 Å². The third kappa shape index (κ3) is 1.18. The van der Waals surface area contributed by atoms with E-state index >= 15 is 0 Å². The summed E-state index contributed by atoms with van der Waals surface area (Å²) in [6.07, 6.45) is 3.22. The van der Waals surface area contributed by atoms with Gasteiger partial charge in [-0.15, -0.1) is 10.2 Å². The number of methoxy groups -OCH3 is 1. The van der Waals surface area contributed by atoms with Crippen LogP contribution in [0.3, 0.4) is 0 Å². The van der Waals surface area contributed by atoms with Crippen molar-refractivity contribution >= 4 is 11.0 Å². The van der Waals surface area contributed by atoms with Crippen LogP contribution in [-0.4, -0.2) is 27.3 Å². The molecular weight excluding hydrogens is 168 g/mol. The van der Waals surface area contributed by atoms with Crippen LogP contribution in [0.15, 0.2) is 12.4 Å². The zero-order valence-electron chi connectivity index (χ0n) is 7.35. The molecule has 0 fully saturated rings. The fourth-order valence-corrected chi connectivity index (χ4v) is 1.11. The molecule has 2 aromatic rings. The molecule has 5 heteroatoms. The van der Waals surface area contributed by atoms with E-state index in [4.69, 9.17) is 4.74 Å². The lowest BCUT2D eigenvalue weighted by Gasteiger charge is -2.02. The quantitative estimate of drug-likeness (QED) is 0.641. The van der Waals surface area contributed by atoms with Gasteiger partial charge in [0.15, 0.2) is 5.52 Å². The highest BCUT2D eigenvalue weighted by molar-refractivity contribution is 5.80. The summed E-state index contributed by atoms with van der Waals surface area (Å²) in [4.78, 5) is 8.27. The number of ether oxygens (including phenoxy) is 1. The van der Waals surface area contributed by atoms with Crippen LogP contribution in [0.4, 0.5) is 0 Å². The van der Waals surface area contributed by atoms with Crippen LogP contribution in [0.5, 0.6) is 5.88 Å². The van der Waals surface area contributed by atoms with Gasteiger partial charge < -0.3 is 4.74 Å². The largest absolute Gasteiger partial charge is 0.478 e. The molecule has 13 heavy (non-hydrogen) atoms. The normalized spacial score (nSPS) is 10.3. The molecule has 0 saturated heterocycles. The Hall–Kier alpha value is -1.78. The summed E-state index contributed by atoms with van der Waals surface area (Å²) in [6.45, 7) is 1.84. The van der Waals surface area contributed by atoms with Gasteiger partial charge in [0.1, 0.15) is 5.52 Å². The monoisotopic (exact) mass is 176 g/mol. The Kier molecular flexibility index (Phi) is 1.77. The van der Waals surface area contributed by atoms with E-state index in [0.717, 1.165) is 11.2 Å². The van der Waals surface area contributed by atoms with Gasteiger partial charge in [-0.2, -0.15) is 0 Å². The molecule has 66 valence electrons. The highest BCUT2D eigenvalue weighted by Gasteiger charge is 2.07. The predicted octanol–water partition coefficient (Wildman–Crippen LogP) is 0.737. The van der Waals surface area contributed by atoms with Crippen molar-refractivity contribution in [3.8, 4) is 5.88 Å². The number of nitrogens with zero attached hydrogens (tertiary/aromatic N) is 4. The first-order valence-corrected chi connectivity index (χ1v) is 3.81. The number of rotatable bonds is 1. The van der Waals surface area contributed by atoms with Crippen molar-refractivity contribution in [3.05, 3.63) is 18.1 Å². The average Bonchev–Trinajstić information content (AvgIpc) is 2.19. The molecule has 0 aliphatic carbocycles. The molecule has 0 saturated carbocycles. The van der Waals surface area contributed by atoms with Gasteiger partial charge in [-0.25, -0.2) is 4.98 Å². The number of aromatic nitrogens is 4. The minimum absolute atomic E-state index is 0.411. The summed E-state index contributed by atoms with van der Waals surface area (Å²) >= 11 is 0. The van der Waals surface area contributed by atoms with Gasteiger partial charge in [0.2, 0.25) is 0 Å². The van der Waals surface area contributed by atoms with E-state index in [9.17, 15) is 0 Å². The number of fused-ring (bicyclic) bond motifs is 1. The van der Waals surface area contributed by atoms with Gasteiger partial charge in [0, 0.05) is 12.4 Å². The van der Waals surface area contributed by atoms with Gasteiger partial charge in [0.05, 0.1) is 12.8 Å². The van der Waals surface area contributed by atoms with E-state index in [1.54, 1.807) is 12.4 Å². The fourth-order valence-electron chi connectivity index (χ4n) is 1.11. The molecule has 5 nitrogen and oxygen atoms in total. The molecule has 2 heterocycles. The van der Waals surface area contributed by atoms with Crippen molar-refractivity contribution < 1.29 is 4.74 Å². The lowest BCUT2D eigenvalue weighted by Crippen LogP contribution is -1.97. The van der Waals surface area contributed by atoms with Crippen LogP contribution in [-0.2, 0) is 0 Å². The molecule has 0 amide bonds. The summed E-state index contributed by atoms with van der Waals surface area (Å²) in [5, 5.41) is 7.75. The Morgan fingerprint density at radius 1 is 1.08 bits per heavy atom. The van der Waals surface area contributed by atoms with Crippen LogP contribution in [0.2, 0.25) is 0 Å². The summed E-state index contributed by atoms with van der Waals surface area (Å²) in [5.74, 6) is 0.411. The van der Waals surface area contributed by atoms with E-state index in [1.807, 2.05) is 6.92 Å². The van der Waals surface area contributed by atoms with Crippen molar-refractivity contribution in [2.75, 3.05) is 7.11 Å². The highest BCUT2D eigenvalue weighted by Crippen LogP contribution is 2.18. The second-order valence-electron chi connectivity index (χ2n) is 2.55. The Morgan fingerprint density at radius 2 is 1.77 bits per heavy atom. The number of aryl methyl sites for hydroxylation is 1. The molecule has 0 aliphatic heterocycles. The third-order valence-corrected chi connectivity index (χ3v) is 1.73. The van der Waals surface area contributed by atoms with Crippen molar-refractivity contribution in [2.45, 2.75) is 6.92 Å². The second kappa shape index (κ2) is 2.93. The Balaban J connectivity index is 2.84. The molecule has 0 spiro atoms. The smallest absolute Gasteiger partial charge is 0.261 e. The van der Waals surface area contributed by atoms with Gasteiger partial charge >= 0.3 is 0 Å². The maximum atomic E-state index is 5.01. The second-order valence-corrected chi connectivity index (χ2v) is 2.55. The van der Waals surface area contributed by atoms with Crippen LogP contribution < -0.4 is 4.74 Å². The SMILES string of the molecule is COc1nnc(C)c2nccnc12. The van der Waals surface area contributed by atoms with E-state index in [2.05, 4.69) is 20.2 Å². The Morgan fingerprint density at radius 3 is 2.46 bits per heavy atom. The average molecular weight is 176 g/mol. The summed E-state index contributed by atoms with van der Waals surface area (Å²) < 4.78 is 5.01. The molecular formula is C8H8N4O. The predicted molar refractivity (Wildman–Crippen MR) is 46.4 cm³/mol. The molecule has 0 atom stereocenters. The minimum Gasteiger partial charge on any atom is -0.478 e. The van der Waals surface area contributed by atoms with Gasteiger partial charge in [0.25, 0.3) is 5.88 Å². The number of hydrogen-bond donors (Lipinski definition) is 0. The van der Waals surface area contributed by atoms with Crippen LogP contribution in [0.1, 0.15) is 5.69 Å². The highest BCUT2D eigenvalue weighted by atomic mass is 16.5. The molecule has 0 aromatic carbocycles. The standard InChI is InChI=1S/C8H8N4O/c1-5-6-7(10-4-3-9-6)8(13-2)12-11-5/h3-4H,1-2H3. The van der Waals surface area contributed by atoms with E-state index in [0.29, 0.717) is 11.4 Å². The molecule has 0 aliphatic rings. The first-order chi connectivity index (χ1) is 6.33. The van der Waals surface area contributed by atoms with Gasteiger partial charge in [-0.05, 0) is 6.92 Å². The first kappa shape index (κ1) is 7.85. The van der Waals surface area contributed by atoms with Crippen LogP contribution in [0, 0.1) is 6.92 Å². The fraction of sp³-hybridized carbons (Fsp3) is 0.250.